The lowest BCUT2D eigenvalue weighted by molar-refractivity contribution is -0.00545. The van der Waals surface area contributed by atoms with Gasteiger partial charge in [0.15, 0.2) is 0 Å². The van der Waals surface area contributed by atoms with Gasteiger partial charge in [-0.3, -0.25) is 9.78 Å². The third kappa shape index (κ3) is 5.92. The summed E-state index contributed by atoms with van der Waals surface area (Å²) in [6.45, 7) is 5.66. The predicted molar refractivity (Wildman–Crippen MR) is 148 cm³/mol. The van der Waals surface area contributed by atoms with Crippen molar-refractivity contribution >= 4 is 32.4 Å². The predicted octanol–water partition coefficient (Wildman–Crippen LogP) is 4.86. The van der Waals surface area contributed by atoms with E-state index in [-0.39, 0.29) is 24.3 Å². The normalized spacial score (nSPS) is 19.0. The average Bonchev–Trinajstić information content (AvgIpc) is 2.95. The molecule has 0 spiro atoms. The smallest absolute Gasteiger partial charge is 0.323 e. The van der Waals surface area contributed by atoms with Gasteiger partial charge in [-0.15, -0.1) is 0 Å². The van der Waals surface area contributed by atoms with E-state index >= 15 is 0 Å². The summed E-state index contributed by atoms with van der Waals surface area (Å²) in [5.74, 6) is -3.06. The first-order valence-corrected chi connectivity index (χ1v) is 14.3. The minimum atomic E-state index is -4.31. The molecule has 1 fully saturated rings. The molecule has 1 aliphatic heterocycles. The summed E-state index contributed by atoms with van der Waals surface area (Å²) in [5, 5.41) is 3.50. The maximum atomic E-state index is 13.0. The molecule has 1 amide bonds. The van der Waals surface area contributed by atoms with E-state index in [1.807, 2.05) is 44.2 Å². The van der Waals surface area contributed by atoms with Crippen molar-refractivity contribution in [3.63, 3.8) is 0 Å². The number of nitrogens with zero attached hydrogens (tertiary/aromatic N) is 4. The summed E-state index contributed by atoms with van der Waals surface area (Å²) in [7, 11) is -4.31. The Hall–Kier alpha value is -4.03. The lowest BCUT2D eigenvalue weighted by Crippen LogP contribution is -2.45. The molecule has 4 heterocycles. The highest BCUT2D eigenvalue weighted by Crippen LogP contribution is 2.24. The second-order valence-electron chi connectivity index (χ2n) is 9.68. The molecule has 1 saturated heterocycles. The van der Waals surface area contributed by atoms with E-state index < -0.39 is 26.3 Å². The van der Waals surface area contributed by atoms with Gasteiger partial charge in [0.1, 0.15) is 15.5 Å². The molecule has 208 valence electrons. The fraction of sp³-hybridized carbons (Fsp3) is 0.286. The molecule has 1 unspecified atom stereocenters. The van der Waals surface area contributed by atoms with E-state index in [1.165, 1.54) is 12.1 Å². The van der Waals surface area contributed by atoms with Crippen molar-refractivity contribution in [2.24, 2.45) is 0 Å². The van der Waals surface area contributed by atoms with Crippen molar-refractivity contribution in [1.29, 1.82) is 4.78 Å². The van der Waals surface area contributed by atoms with Gasteiger partial charge in [0.25, 0.3) is 5.91 Å². The molecule has 1 aromatic carbocycles. The highest BCUT2D eigenvalue weighted by Gasteiger charge is 2.24. The van der Waals surface area contributed by atoms with Gasteiger partial charge < -0.3 is 15.0 Å². The Kier molecular flexibility index (Phi) is 7.72. The molecule has 0 aliphatic carbocycles. The van der Waals surface area contributed by atoms with Crippen molar-refractivity contribution in [1.82, 2.24) is 20.3 Å². The molecule has 0 saturated carbocycles. The highest BCUT2D eigenvalue weighted by atomic mass is 32.2. The van der Waals surface area contributed by atoms with Crippen molar-refractivity contribution in [3.05, 3.63) is 78.1 Å². The number of fused-ring (bicyclic) bond motifs is 1. The van der Waals surface area contributed by atoms with Crippen molar-refractivity contribution in [3.8, 4) is 11.4 Å². The molecule has 0 bridgehead atoms. The summed E-state index contributed by atoms with van der Waals surface area (Å²) in [4.78, 5) is 28.5. The van der Waals surface area contributed by atoms with E-state index in [0.29, 0.717) is 16.9 Å². The molecular weight excluding hydrogens is 538 g/mol. The number of carbonyl (C=O) groups is 1. The molecule has 5 rings (SSSR count). The van der Waals surface area contributed by atoms with Gasteiger partial charge in [-0.05, 0) is 62.4 Å². The van der Waals surface area contributed by atoms with Crippen molar-refractivity contribution < 1.29 is 22.5 Å². The standard InChI is InChI=1S/C28H28F2N6O3S/c1-17-15-36(16-18(2)39-17)26-8-4-7-23(35-26)24-10-9-20-13-32-21(12-25(20)34-24)14-33-27(37)19-5-3-6-22(11-19)40(31,38)28(29)30/h3-13,17-18,28,31H,14-16H2,1-2H3,(H,33,37)/t17-,18+,40?. The van der Waals surface area contributed by atoms with Gasteiger partial charge in [-0.1, -0.05) is 12.1 Å². The molecule has 4 aromatic rings. The van der Waals surface area contributed by atoms with Crippen LogP contribution >= 0.6 is 0 Å². The number of morpholine rings is 1. The Labute approximate surface area is 230 Å². The number of hydrogen-bond donors (Lipinski definition) is 2. The van der Waals surface area contributed by atoms with E-state index in [2.05, 4.69) is 15.2 Å². The van der Waals surface area contributed by atoms with Crippen LogP contribution in [0, 0.1) is 4.78 Å². The highest BCUT2D eigenvalue weighted by molar-refractivity contribution is 7.92. The Morgan fingerprint density at radius 3 is 2.55 bits per heavy atom. The van der Waals surface area contributed by atoms with Gasteiger partial charge in [0, 0.05) is 30.2 Å². The number of halogens is 2. The second kappa shape index (κ2) is 11.2. The number of ether oxygens (including phenoxy) is 1. The van der Waals surface area contributed by atoms with Crippen molar-refractivity contribution in [2.45, 2.75) is 43.3 Å². The van der Waals surface area contributed by atoms with Crippen LogP contribution in [0.3, 0.4) is 0 Å². The van der Waals surface area contributed by atoms with Gasteiger partial charge >= 0.3 is 5.76 Å². The van der Waals surface area contributed by atoms with Crippen LogP contribution in [-0.2, 0) is 21.0 Å². The topological polar surface area (TPSA) is 121 Å². The maximum absolute atomic E-state index is 13.0. The first-order valence-electron chi connectivity index (χ1n) is 12.7. The summed E-state index contributed by atoms with van der Waals surface area (Å²) in [6.07, 6.45) is 1.88. The number of benzene rings is 1. The Bertz CT molecular complexity index is 1660. The number of rotatable bonds is 7. The van der Waals surface area contributed by atoms with Crippen LogP contribution in [-0.4, -0.2) is 56.1 Å². The monoisotopic (exact) mass is 566 g/mol. The van der Waals surface area contributed by atoms with Gasteiger partial charge in [-0.2, -0.15) is 8.78 Å². The Morgan fingerprint density at radius 1 is 1.07 bits per heavy atom. The van der Waals surface area contributed by atoms with Crippen LogP contribution in [0.1, 0.15) is 29.9 Å². The van der Waals surface area contributed by atoms with Crippen LogP contribution in [0.5, 0.6) is 0 Å². The van der Waals surface area contributed by atoms with E-state index in [0.717, 1.165) is 42.1 Å². The molecule has 2 N–H and O–H groups in total. The zero-order valence-corrected chi connectivity index (χ0v) is 22.7. The Morgan fingerprint density at radius 2 is 1.80 bits per heavy atom. The molecule has 40 heavy (non-hydrogen) atoms. The molecule has 1 aliphatic rings. The lowest BCUT2D eigenvalue weighted by Gasteiger charge is -2.36. The maximum Gasteiger partial charge on any atom is 0.323 e. The lowest BCUT2D eigenvalue weighted by atomic mass is 10.1. The van der Waals surface area contributed by atoms with Crippen LogP contribution < -0.4 is 10.2 Å². The van der Waals surface area contributed by atoms with Crippen LogP contribution in [0.25, 0.3) is 22.3 Å². The number of amides is 1. The number of nitrogens with one attached hydrogen (secondary N) is 2. The Balaban J connectivity index is 1.33. The van der Waals surface area contributed by atoms with E-state index in [4.69, 9.17) is 19.5 Å². The van der Waals surface area contributed by atoms with Gasteiger partial charge in [0.2, 0.25) is 0 Å². The van der Waals surface area contributed by atoms with Crippen LogP contribution in [0.2, 0.25) is 0 Å². The molecule has 12 heteroatoms. The molecule has 3 aromatic heterocycles. The van der Waals surface area contributed by atoms with Crippen LogP contribution in [0.4, 0.5) is 14.6 Å². The number of hydrogen-bond acceptors (Lipinski definition) is 8. The number of anilines is 1. The van der Waals surface area contributed by atoms with Gasteiger partial charge in [-0.25, -0.2) is 19.0 Å². The number of carbonyl (C=O) groups excluding carboxylic acids is 1. The average molecular weight is 567 g/mol. The quantitative estimate of drug-likeness (QED) is 0.328. The summed E-state index contributed by atoms with van der Waals surface area (Å²) in [5.41, 5.74) is 2.66. The van der Waals surface area contributed by atoms with Crippen molar-refractivity contribution in [2.75, 3.05) is 18.0 Å². The molecule has 0 radical (unpaired) electrons. The SMILES string of the molecule is C[C@@H]1CN(c2cccc(-c3ccc4cnc(CNC(=O)c5cccc(S(=N)(=O)C(F)F)c5)cc4n3)n2)C[C@H](C)O1. The van der Waals surface area contributed by atoms with E-state index in [9.17, 15) is 17.8 Å². The zero-order valence-electron chi connectivity index (χ0n) is 21.9. The fourth-order valence-corrected chi connectivity index (χ4v) is 5.39. The minimum absolute atomic E-state index is 0.0225. The zero-order chi connectivity index (χ0) is 28.4. The first-order chi connectivity index (χ1) is 19.1. The number of pyridine rings is 3. The number of aromatic nitrogens is 3. The third-order valence-electron chi connectivity index (χ3n) is 6.50. The fourth-order valence-electron chi connectivity index (χ4n) is 4.61. The molecular formula is C28H28F2N6O3S. The molecule has 9 nitrogen and oxygen atoms in total. The second-order valence-corrected chi connectivity index (χ2v) is 11.7. The van der Waals surface area contributed by atoms with E-state index in [1.54, 1.807) is 12.3 Å². The minimum Gasteiger partial charge on any atom is -0.372 e. The summed E-state index contributed by atoms with van der Waals surface area (Å²) in [6, 6.07) is 16.3. The third-order valence-corrected chi connectivity index (χ3v) is 7.95. The number of alkyl halides is 2. The van der Waals surface area contributed by atoms with Crippen LogP contribution in [0.15, 0.2) is 71.8 Å². The van der Waals surface area contributed by atoms with Gasteiger partial charge in [0.05, 0.1) is 46.2 Å². The summed E-state index contributed by atoms with van der Waals surface area (Å²) < 4.78 is 51.3. The molecule has 3 atom stereocenters. The summed E-state index contributed by atoms with van der Waals surface area (Å²) >= 11 is 0. The largest absolute Gasteiger partial charge is 0.372 e. The first kappa shape index (κ1) is 27.5.